The van der Waals surface area contributed by atoms with E-state index in [9.17, 15) is 27.6 Å². The van der Waals surface area contributed by atoms with Gasteiger partial charge in [0.25, 0.3) is 5.56 Å². The number of hydrogen-bond donors (Lipinski definition) is 1. The SMILES string of the molecule is Cn1nc(CC(=O)N2CCN(CC(=O)Nc3ccccc3C(F)(F)F)CC2)c2ccccc2c1=O. The minimum absolute atomic E-state index is 0.0311. The van der Waals surface area contributed by atoms with Gasteiger partial charge in [0.05, 0.1) is 35.3 Å². The van der Waals surface area contributed by atoms with Gasteiger partial charge >= 0.3 is 6.18 Å². The Morgan fingerprint density at radius 3 is 2.29 bits per heavy atom. The Labute approximate surface area is 198 Å². The normalized spacial score (nSPS) is 14.8. The Hall–Kier alpha value is -3.73. The van der Waals surface area contributed by atoms with Gasteiger partial charge in [-0.05, 0) is 18.2 Å². The second kappa shape index (κ2) is 9.87. The van der Waals surface area contributed by atoms with Gasteiger partial charge in [0, 0.05) is 38.6 Å². The van der Waals surface area contributed by atoms with E-state index in [2.05, 4.69) is 10.4 Å². The van der Waals surface area contributed by atoms with Gasteiger partial charge in [-0.2, -0.15) is 18.3 Å². The van der Waals surface area contributed by atoms with Crippen molar-refractivity contribution in [2.45, 2.75) is 12.6 Å². The van der Waals surface area contributed by atoms with E-state index in [1.54, 1.807) is 41.1 Å². The highest BCUT2D eigenvalue weighted by atomic mass is 19.4. The first-order valence-electron chi connectivity index (χ1n) is 11.0. The Bertz CT molecular complexity index is 1310. The monoisotopic (exact) mass is 487 g/mol. The lowest BCUT2D eigenvalue weighted by Crippen LogP contribution is -2.51. The van der Waals surface area contributed by atoms with Crippen molar-refractivity contribution in [3.8, 4) is 0 Å². The van der Waals surface area contributed by atoms with Crippen LogP contribution in [0.5, 0.6) is 0 Å². The summed E-state index contributed by atoms with van der Waals surface area (Å²) in [5.74, 6) is -0.702. The molecule has 0 atom stereocenters. The van der Waals surface area contributed by atoms with Crippen LogP contribution in [0.3, 0.4) is 0 Å². The molecule has 184 valence electrons. The molecule has 3 aromatic rings. The van der Waals surface area contributed by atoms with E-state index in [1.165, 1.54) is 22.9 Å². The van der Waals surface area contributed by atoms with Crippen molar-refractivity contribution in [1.29, 1.82) is 0 Å². The van der Waals surface area contributed by atoms with Gasteiger partial charge in [0.2, 0.25) is 11.8 Å². The highest BCUT2D eigenvalue weighted by molar-refractivity contribution is 5.93. The minimum atomic E-state index is -4.57. The molecule has 1 fully saturated rings. The molecule has 35 heavy (non-hydrogen) atoms. The highest BCUT2D eigenvalue weighted by Crippen LogP contribution is 2.34. The van der Waals surface area contributed by atoms with Crippen molar-refractivity contribution < 1.29 is 22.8 Å². The molecule has 0 spiro atoms. The van der Waals surface area contributed by atoms with E-state index in [4.69, 9.17) is 0 Å². The van der Waals surface area contributed by atoms with Crippen LogP contribution in [0.15, 0.2) is 53.3 Å². The molecule has 0 radical (unpaired) electrons. The summed E-state index contributed by atoms with van der Waals surface area (Å²) in [7, 11) is 1.54. The minimum Gasteiger partial charge on any atom is -0.340 e. The molecular formula is C24H24F3N5O3. The fourth-order valence-electron chi connectivity index (χ4n) is 4.15. The predicted octanol–water partition coefficient (Wildman–Crippen LogP) is 2.28. The summed E-state index contributed by atoms with van der Waals surface area (Å²) in [6.07, 6.45) is -4.54. The number of piperazine rings is 1. The molecule has 1 aliphatic heterocycles. The molecule has 2 heterocycles. The number of aryl methyl sites for hydroxylation is 1. The molecule has 1 saturated heterocycles. The molecule has 8 nitrogen and oxygen atoms in total. The fourth-order valence-corrected chi connectivity index (χ4v) is 4.15. The Kier molecular flexibility index (Phi) is 6.88. The average Bonchev–Trinajstić information content (AvgIpc) is 2.82. The molecule has 2 aromatic carbocycles. The van der Waals surface area contributed by atoms with Crippen LogP contribution in [-0.4, -0.2) is 64.1 Å². The third kappa shape index (κ3) is 5.51. The molecule has 0 bridgehead atoms. The Balaban J connectivity index is 1.34. The van der Waals surface area contributed by atoms with Gasteiger partial charge in [-0.15, -0.1) is 0 Å². The van der Waals surface area contributed by atoms with E-state index >= 15 is 0 Å². The number of carbonyl (C=O) groups excluding carboxylic acids is 2. The Morgan fingerprint density at radius 1 is 0.971 bits per heavy atom. The van der Waals surface area contributed by atoms with E-state index in [-0.39, 0.29) is 30.1 Å². The molecule has 1 aromatic heterocycles. The lowest BCUT2D eigenvalue weighted by molar-refractivity contribution is -0.137. The number of nitrogens with zero attached hydrogens (tertiary/aromatic N) is 4. The van der Waals surface area contributed by atoms with Crippen LogP contribution in [0, 0.1) is 0 Å². The van der Waals surface area contributed by atoms with Crippen molar-refractivity contribution in [3.05, 3.63) is 70.1 Å². The second-order valence-electron chi connectivity index (χ2n) is 8.35. The van der Waals surface area contributed by atoms with Crippen molar-refractivity contribution >= 4 is 28.3 Å². The zero-order valence-electron chi connectivity index (χ0n) is 19.0. The predicted molar refractivity (Wildman–Crippen MR) is 124 cm³/mol. The van der Waals surface area contributed by atoms with Crippen LogP contribution in [0.25, 0.3) is 10.8 Å². The van der Waals surface area contributed by atoms with Gasteiger partial charge in [-0.1, -0.05) is 30.3 Å². The number of anilines is 1. The molecule has 0 unspecified atom stereocenters. The van der Waals surface area contributed by atoms with Crippen LogP contribution in [-0.2, 0) is 29.2 Å². The summed E-state index contributed by atoms with van der Waals surface area (Å²) in [4.78, 5) is 41.0. The second-order valence-corrected chi connectivity index (χ2v) is 8.35. The number of aromatic nitrogens is 2. The van der Waals surface area contributed by atoms with Crippen molar-refractivity contribution in [2.24, 2.45) is 7.05 Å². The summed E-state index contributed by atoms with van der Waals surface area (Å²) in [6, 6.07) is 11.8. The van der Waals surface area contributed by atoms with Crippen molar-refractivity contribution in [3.63, 3.8) is 0 Å². The first kappa shape index (κ1) is 24.4. The van der Waals surface area contributed by atoms with Gasteiger partial charge in [0.15, 0.2) is 0 Å². The van der Waals surface area contributed by atoms with Crippen LogP contribution >= 0.6 is 0 Å². The average molecular weight is 487 g/mol. The highest BCUT2D eigenvalue weighted by Gasteiger charge is 2.33. The molecule has 1 N–H and O–H groups in total. The third-order valence-corrected chi connectivity index (χ3v) is 5.95. The van der Waals surface area contributed by atoms with E-state index in [0.29, 0.717) is 42.6 Å². The Morgan fingerprint density at radius 2 is 1.60 bits per heavy atom. The summed E-state index contributed by atoms with van der Waals surface area (Å²) >= 11 is 0. The lowest BCUT2D eigenvalue weighted by Gasteiger charge is -2.34. The number of rotatable bonds is 5. The summed E-state index contributed by atoms with van der Waals surface area (Å²) < 4.78 is 40.6. The number of carbonyl (C=O) groups is 2. The van der Waals surface area contributed by atoms with Crippen LogP contribution in [0.4, 0.5) is 18.9 Å². The summed E-state index contributed by atoms with van der Waals surface area (Å²) in [5.41, 5.74) is -0.904. The van der Waals surface area contributed by atoms with Crippen LogP contribution in [0.1, 0.15) is 11.3 Å². The van der Waals surface area contributed by atoms with Crippen LogP contribution < -0.4 is 10.9 Å². The maximum atomic E-state index is 13.1. The molecular weight excluding hydrogens is 463 g/mol. The fraction of sp³-hybridized carbons (Fsp3) is 0.333. The number of hydrogen-bond acceptors (Lipinski definition) is 5. The molecule has 0 aliphatic carbocycles. The number of benzene rings is 2. The number of amides is 2. The number of fused-ring (bicyclic) bond motifs is 1. The van der Waals surface area contributed by atoms with Crippen molar-refractivity contribution in [2.75, 3.05) is 38.0 Å². The van der Waals surface area contributed by atoms with Gasteiger partial charge < -0.3 is 10.2 Å². The third-order valence-electron chi connectivity index (χ3n) is 5.95. The first-order chi connectivity index (χ1) is 16.6. The molecule has 1 aliphatic rings. The summed E-state index contributed by atoms with van der Waals surface area (Å²) in [6.45, 7) is 1.47. The van der Waals surface area contributed by atoms with Crippen molar-refractivity contribution in [1.82, 2.24) is 19.6 Å². The largest absolute Gasteiger partial charge is 0.418 e. The van der Waals surface area contributed by atoms with E-state index < -0.39 is 17.6 Å². The smallest absolute Gasteiger partial charge is 0.340 e. The van der Waals surface area contributed by atoms with Gasteiger partial charge in [-0.3, -0.25) is 19.3 Å². The maximum Gasteiger partial charge on any atom is 0.418 e. The number of halogens is 3. The van der Waals surface area contributed by atoms with Gasteiger partial charge in [0.1, 0.15) is 0 Å². The first-order valence-corrected chi connectivity index (χ1v) is 11.0. The molecule has 11 heteroatoms. The zero-order valence-corrected chi connectivity index (χ0v) is 19.0. The number of para-hydroxylation sites is 1. The lowest BCUT2D eigenvalue weighted by atomic mass is 10.1. The summed E-state index contributed by atoms with van der Waals surface area (Å²) in [5, 5.41) is 7.74. The quantitative estimate of drug-likeness (QED) is 0.597. The molecule has 0 saturated carbocycles. The number of nitrogens with one attached hydrogen (secondary N) is 1. The standard InChI is InChI=1S/C24H24F3N5O3/c1-30-23(35)17-7-3-2-6-16(17)20(29-30)14-22(34)32-12-10-31(11-13-32)15-21(33)28-19-9-5-4-8-18(19)24(25,26)27/h2-9H,10-15H2,1H3,(H,28,33). The van der Waals surface area contributed by atoms with Gasteiger partial charge in [-0.25, -0.2) is 4.68 Å². The topological polar surface area (TPSA) is 87.5 Å². The molecule has 4 rings (SSSR count). The van der Waals surface area contributed by atoms with Crippen LogP contribution in [0.2, 0.25) is 0 Å². The van der Waals surface area contributed by atoms with E-state index in [1.807, 2.05) is 0 Å². The number of alkyl halides is 3. The maximum absolute atomic E-state index is 13.1. The molecule has 2 amide bonds. The van der Waals surface area contributed by atoms with E-state index in [0.717, 1.165) is 6.07 Å². The zero-order chi connectivity index (χ0) is 25.2.